The van der Waals surface area contributed by atoms with Crippen LogP contribution < -0.4 is 0 Å². The molecule has 0 amide bonds. The monoisotopic (exact) mass is 461 g/mol. The molecule has 4 heteroatoms. The van der Waals surface area contributed by atoms with Gasteiger partial charge in [-0.05, 0) is 41.8 Å². The van der Waals surface area contributed by atoms with Crippen LogP contribution in [0.5, 0.6) is 0 Å². The first-order valence-electron chi connectivity index (χ1n) is 12.0. The molecule has 8 aromatic rings. The quantitative estimate of drug-likeness (QED) is 0.260. The van der Waals surface area contributed by atoms with Crippen molar-refractivity contribution in [2.45, 2.75) is 0 Å². The molecule has 0 radical (unpaired) electrons. The maximum atomic E-state index is 6.46. The highest BCUT2D eigenvalue weighted by Crippen LogP contribution is 2.39. The Morgan fingerprint density at radius 2 is 1.28 bits per heavy atom. The van der Waals surface area contributed by atoms with Crippen molar-refractivity contribution in [1.82, 2.24) is 14.5 Å². The molecule has 168 valence electrons. The Hall–Kier alpha value is -4.96. The summed E-state index contributed by atoms with van der Waals surface area (Å²) in [6.45, 7) is 0. The van der Waals surface area contributed by atoms with Crippen molar-refractivity contribution < 1.29 is 4.42 Å². The summed E-state index contributed by atoms with van der Waals surface area (Å²) >= 11 is 0. The fourth-order valence-corrected chi connectivity index (χ4v) is 5.35. The molecule has 0 N–H and O–H groups in total. The van der Waals surface area contributed by atoms with Gasteiger partial charge < -0.3 is 4.42 Å². The summed E-state index contributed by atoms with van der Waals surface area (Å²) in [4.78, 5) is 9.94. The van der Waals surface area contributed by atoms with Crippen molar-refractivity contribution in [3.8, 4) is 17.1 Å². The summed E-state index contributed by atoms with van der Waals surface area (Å²) in [7, 11) is 0. The molecular weight excluding hydrogens is 442 g/mol. The third-order valence-electron chi connectivity index (χ3n) is 7.00. The first-order chi connectivity index (χ1) is 17.8. The predicted molar refractivity (Wildman–Crippen MR) is 147 cm³/mol. The summed E-state index contributed by atoms with van der Waals surface area (Å²) in [5, 5.41) is 5.52. The zero-order chi connectivity index (χ0) is 23.6. The van der Waals surface area contributed by atoms with E-state index in [0.717, 1.165) is 55.4 Å². The van der Waals surface area contributed by atoms with Crippen molar-refractivity contribution in [3.63, 3.8) is 0 Å². The van der Waals surface area contributed by atoms with Gasteiger partial charge in [-0.1, -0.05) is 78.9 Å². The zero-order valence-electron chi connectivity index (χ0n) is 19.2. The summed E-state index contributed by atoms with van der Waals surface area (Å²) in [6.07, 6.45) is 0. The third kappa shape index (κ3) is 2.70. The molecule has 0 aliphatic heterocycles. The van der Waals surface area contributed by atoms with Crippen molar-refractivity contribution >= 4 is 54.8 Å². The SMILES string of the molecule is c1ccc2nc3oc4c(-c5nc6ccccc6n5-c5cccc6ccccc56)cccc4c3cc2c1. The Morgan fingerprint density at radius 3 is 2.22 bits per heavy atom. The highest BCUT2D eigenvalue weighted by molar-refractivity contribution is 6.11. The number of para-hydroxylation sites is 4. The average molecular weight is 462 g/mol. The number of pyridine rings is 1. The summed E-state index contributed by atoms with van der Waals surface area (Å²) in [5.74, 6) is 0.849. The van der Waals surface area contributed by atoms with E-state index in [1.54, 1.807) is 0 Å². The molecule has 0 fully saturated rings. The maximum Gasteiger partial charge on any atom is 0.227 e. The highest BCUT2D eigenvalue weighted by Gasteiger charge is 2.21. The lowest BCUT2D eigenvalue weighted by Crippen LogP contribution is -1.99. The lowest BCUT2D eigenvalue weighted by atomic mass is 10.1. The Labute approximate surface area is 206 Å². The molecule has 3 heterocycles. The van der Waals surface area contributed by atoms with Gasteiger partial charge in [0, 0.05) is 21.5 Å². The average Bonchev–Trinajstić information content (AvgIpc) is 3.49. The predicted octanol–water partition coefficient (Wildman–Crippen LogP) is 8.29. The minimum atomic E-state index is 0.643. The van der Waals surface area contributed by atoms with E-state index >= 15 is 0 Å². The number of hydrogen-bond acceptors (Lipinski definition) is 3. The summed E-state index contributed by atoms with van der Waals surface area (Å²) in [6, 6.07) is 39.7. The molecule has 4 nitrogen and oxygen atoms in total. The van der Waals surface area contributed by atoms with Crippen LogP contribution in [-0.4, -0.2) is 14.5 Å². The minimum Gasteiger partial charge on any atom is -0.437 e. The lowest BCUT2D eigenvalue weighted by Gasteiger charge is -2.13. The molecule has 0 unspecified atom stereocenters. The highest BCUT2D eigenvalue weighted by atomic mass is 16.3. The van der Waals surface area contributed by atoms with Gasteiger partial charge in [0.1, 0.15) is 11.4 Å². The van der Waals surface area contributed by atoms with Gasteiger partial charge in [-0.15, -0.1) is 0 Å². The Bertz CT molecular complexity index is 2110. The van der Waals surface area contributed by atoms with Gasteiger partial charge in [-0.2, -0.15) is 0 Å². The van der Waals surface area contributed by atoms with Gasteiger partial charge in [-0.3, -0.25) is 4.57 Å². The first-order valence-corrected chi connectivity index (χ1v) is 12.0. The van der Waals surface area contributed by atoms with E-state index in [1.807, 2.05) is 24.3 Å². The van der Waals surface area contributed by atoms with Crippen LogP contribution >= 0.6 is 0 Å². The van der Waals surface area contributed by atoms with E-state index in [-0.39, 0.29) is 0 Å². The third-order valence-corrected chi connectivity index (χ3v) is 7.00. The number of imidazole rings is 1. The Morgan fingerprint density at radius 1 is 0.556 bits per heavy atom. The van der Waals surface area contributed by atoms with Crippen molar-refractivity contribution in [3.05, 3.63) is 115 Å². The number of hydrogen-bond donors (Lipinski definition) is 0. The van der Waals surface area contributed by atoms with Crippen LogP contribution in [0.15, 0.2) is 120 Å². The molecular formula is C32H19N3O. The molecule has 3 aromatic heterocycles. The molecule has 0 atom stereocenters. The second-order valence-corrected chi connectivity index (χ2v) is 9.08. The largest absolute Gasteiger partial charge is 0.437 e. The van der Waals surface area contributed by atoms with Gasteiger partial charge in [0.25, 0.3) is 0 Å². The molecule has 0 bridgehead atoms. The molecule has 0 aliphatic rings. The Balaban J connectivity index is 1.49. The molecule has 36 heavy (non-hydrogen) atoms. The van der Waals surface area contributed by atoms with Gasteiger partial charge >= 0.3 is 0 Å². The van der Waals surface area contributed by atoms with Gasteiger partial charge in [0.2, 0.25) is 5.71 Å². The van der Waals surface area contributed by atoms with Crippen molar-refractivity contribution in [1.29, 1.82) is 0 Å². The lowest BCUT2D eigenvalue weighted by molar-refractivity contribution is 0.656. The van der Waals surface area contributed by atoms with E-state index in [2.05, 4.69) is 95.6 Å². The van der Waals surface area contributed by atoms with Crippen LogP contribution in [0.25, 0.3) is 71.9 Å². The molecule has 0 saturated heterocycles. The first kappa shape index (κ1) is 19.4. The van der Waals surface area contributed by atoms with Crippen LogP contribution in [0, 0.1) is 0 Å². The normalized spacial score (nSPS) is 11.9. The van der Waals surface area contributed by atoms with E-state index in [9.17, 15) is 0 Å². The van der Waals surface area contributed by atoms with E-state index in [4.69, 9.17) is 14.4 Å². The van der Waals surface area contributed by atoms with Gasteiger partial charge in [0.05, 0.1) is 27.8 Å². The fourth-order valence-electron chi connectivity index (χ4n) is 5.35. The van der Waals surface area contributed by atoms with Gasteiger partial charge in [-0.25, -0.2) is 9.97 Å². The number of benzene rings is 5. The van der Waals surface area contributed by atoms with Crippen LogP contribution in [-0.2, 0) is 0 Å². The van der Waals surface area contributed by atoms with E-state index < -0.39 is 0 Å². The summed E-state index contributed by atoms with van der Waals surface area (Å²) in [5.41, 5.74) is 6.40. The Kier molecular flexibility index (Phi) is 3.91. The number of aromatic nitrogens is 3. The van der Waals surface area contributed by atoms with Crippen LogP contribution in [0.3, 0.4) is 0 Å². The number of furan rings is 1. The van der Waals surface area contributed by atoms with Crippen LogP contribution in [0.2, 0.25) is 0 Å². The molecule has 8 rings (SSSR count). The molecule has 5 aromatic carbocycles. The number of rotatable bonds is 2. The second kappa shape index (κ2) is 7.27. The fraction of sp³-hybridized carbons (Fsp3) is 0. The second-order valence-electron chi connectivity index (χ2n) is 9.08. The molecule has 0 aliphatic carbocycles. The van der Waals surface area contributed by atoms with Crippen LogP contribution in [0.4, 0.5) is 0 Å². The number of fused-ring (bicyclic) bond motifs is 6. The van der Waals surface area contributed by atoms with Crippen molar-refractivity contribution in [2.75, 3.05) is 0 Å². The molecule has 0 saturated carbocycles. The van der Waals surface area contributed by atoms with Crippen molar-refractivity contribution in [2.24, 2.45) is 0 Å². The smallest absolute Gasteiger partial charge is 0.227 e. The standard InChI is InChI=1S/C32H19N3O/c1-3-12-22-20(9-1)11-7-18-28(22)35-29-17-6-5-16-27(29)33-31(35)24-14-8-13-23-25-19-21-10-2-4-15-26(21)34-32(25)36-30(23)24/h1-19H. The van der Waals surface area contributed by atoms with Crippen LogP contribution in [0.1, 0.15) is 0 Å². The van der Waals surface area contributed by atoms with Gasteiger partial charge in [0.15, 0.2) is 0 Å². The van der Waals surface area contributed by atoms with E-state index in [1.165, 1.54) is 10.8 Å². The number of nitrogens with zero attached hydrogens (tertiary/aromatic N) is 3. The summed E-state index contributed by atoms with van der Waals surface area (Å²) < 4.78 is 8.71. The topological polar surface area (TPSA) is 43.9 Å². The zero-order valence-corrected chi connectivity index (χ0v) is 19.2. The molecule has 0 spiro atoms. The maximum absolute atomic E-state index is 6.46. The minimum absolute atomic E-state index is 0.643. The van der Waals surface area contributed by atoms with E-state index in [0.29, 0.717) is 5.71 Å².